The van der Waals surface area contributed by atoms with Crippen LogP contribution in [0.2, 0.25) is 0 Å². The van der Waals surface area contributed by atoms with Crippen molar-refractivity contribution in [3.05, 3.63) is 64.7 Å². The summed E-state index contributed by atoms with van der Waals surface area (Å²) in [4.78, 5) is 12.2. The van der Waals surface area contributed by atoms with Gasteiger partial charge in [0.15, 0.2) is 17.3 Å². The minimum Gasteiger partial charge on any atom is -0.454 e. The van der Waals surface area contributed by atoms with Crippen molar-refractivity contribution in [1.29, 1.82) is 0 Å². The predicted octanol–water partition coefficient (Wildman–Crippen LogP) is 3.93. The second-order valence-electron chi connectivity index (χ2n) is 5.13. The van der Waals surface area contributed by atoms with Gasteiger partial charge in [0.05, 0.1) is 0 Å². The van der Waals surface area contributed by atoms with Crippen LogP contribution in [-0.4, -0.2) is 12.6 Å². The highest BCUT2D eigenvalue weighted by Gasteiger charge is 2.15. The molecule has 21 heavy (non-hydrogen) atoms. The Morgan fingerprint density at radius 1 is 1.05 bits per heavy atom. The summed E-state index contributed by atoms with van der Waals surface area (Å²) in [6.45, 7) is 4.28. The highest BCUT2D eigenvalue weighted by Crippen LogP contribution is 2.32. The van der Waals surface area contributed by atoms with E-state index in [1.54, 1.807) is 24.3 Å². The van der Waals surface area contributed by atoms with Crippen LogP contribution in [0.5, 0.6) is 11.5 Å². The Morgan fingerprint density at radius 2 is 1.86 bits per heavy atom. The molecule has 0 N–H and O–H groups in total. The smallest absolute Gasteiger partial charge is 0.231 e. The summed E-state index contributed by atoms with van der Waals surface area (Å²) in [5.41, 5.74) is 3.98. The summed E-state index contributed by atoms with van der Waals surface area (Å²) in [5.74, 6) is 1.26. The van der Waals surface area contributed by atoms with Gasteiger partial charge >= 0.3 is 0 Å². The van der Waals surface area contributed by atoms with E-state index in [1.807, 2.05) is 19.9 Å². The van der Waals surface area contributed by atoms with Crippen LogP contribution in [0.1, 0.15) is 27.0 Å². The van der Waals surface area contributed by atoms with Crippen LogP contribution in [0.25, 0.3) is 6.08 Å². The SMILES string of the molecule is Cc1ccc(C)c(/C=C/C(=O)c2ccc3c(c2)OCO3)c1. The number of aryl methyl sites for hydroxylation is 2. The first-order valence-electron chi connectivity index (χ1n) is 6.83. The van der Waals surface area contributed by atoms with Crippen molar-refractivity contribution in [1.82, 2.24) is 0 Å². The number of benzene rings is 2. The first-order chi connectivity index (χ1) is 10.1. The maximum absolute atomic E-state index is 12.2. The molecule has 3 rings (SSSR count). The largest absolute Gasteiger partial charge is 0.454 e. The van der Waals surface area contributed by atoms with E-state index in [2.05, 4.69) is 18.2 Å². The molecule has 0 aromatic heterocycles. The van der Waals surface area contributed by atoms with E-state index >= 15 is 0 Å². The molecule has 0 spiro atoms. The van der Waals surface area contributed by atoms with E-state index in [4.69, 9.17) is 9.47 Å². The van der Waals surface area contributed by atoms with Crippen LogP contribution >= 0.6 is 0 Å². The van der Waals surface area contributed by atoms with Gasteiger partial charge in [-0.05, 0) is 49.2 Å². The molecular formula is C18H16O3. The van der Waals surface area contributed by atoms with Crippen LogP contribution < -0.4 is 9.47 Å². The molecule has 106 valence electrons. The predicted molar refractivity (Wildman–Crippen MR) is 81.8 cm³/mol. The van der Waals surface area contributed by atoms with Crippen LogP contribution in [0.15, 0.2) is 42.5 Å². The van der Waals surface area contributed by atoms with E-state index in [0.717, 1.165) is 11.1 Å². The minimum atomic E-state index is -0.0470. The quantitative estimate of drug-likeness (QED) is 0.631. The molecule has 0 radical (unpaired) electrons. The van der Waals surface area contributed by atoms with Crippen molar-refractivity contribution in [2.45, 2.75) is 13.8 Å². The second-order valence-corrected chi connectivity index (χ2v) is 5.13. The first kappa shape index (κ1) is 13.4. The molecule has 1 aliphatic rings. The van der Waals surface area contributed by atoms with Gasteiger partial charge in [0.1, 0.15) is 0 Å². The maximum atomic E-state index is 12.2. The fourth-order valence-electron chi connectivity index (χ4n) is 2.25. The molecule has 3 heteroatoms. The topological polar surface area (TPSA) is 35.5 Å². The van der Waals surface area contributed by atoms with Gasteiger partial charge in [-0.1, -0.05) is 29.8 Å². The lowest BCUT2D eigenvalue weighted by atomic mass is 10.0. The van der Waals surface area contributed by atoms with E-state index in [0.29, 0.717) is 17.1 Å². The summed E-state index contributed by atoms with van der Waals surface area (Å²) in [6, 6.07) is 11.4. The number of rotatable bonds is 3. The van der Waals surface area contributed by atoms with Crippen molar-refractivity contribution in [3.8, 4) is 11.5 Å². The molecule has 3 nitrogen and oxygen atoms in total. The number of carbonyl (C=O) groups is 1. The number of fused-ring (bicyclic) bond motifs is 1. The second kappa shape index (κ2) is 5.44. The maximum Gasteiger partial charge on any atom is 0.231 e. The number of hydrogen-bond donors (Lipinski definition) is 0. The molecule has 0 saturated heterocycles. The lowest BCUT2D eigenvalue weighted by molar-refractivity contribution is 0.104. The Bertz CT molecular complexity index is 729. The zero-order chi connectivity index (χ0) is 14.8. The van der Waals surface area contributed by atoms with Crippen LogP contribution in [0.3, 0.4) is 0 Å². The van der Waals surface area contributed by atoms with E-state index in [1.165, 1.54) is 5.56 Å². The summed E-state index contributed by atoms with van der Waals surface area (Å²) in [7, 11) is 0. The third-order valence-electron chi connectivity index (χ3n) is 3.51. The molecule has 0 amide bonds. The van der Waals surface area contributed by atoms with E-state index in [9.17, 15) is 4.79 Å². The Labute approximate surface area is 123 Å². The van der Waals surface area contributed by atoms with Crippen molar-refractivity contribution in [2.75, 3.05) is 6.79 Å². The van der Waals surface area contributed by atoms with Crippen molar-refractivity contribution in [2.24, 2.45) is 0 Å². The summed E-state index contributed by atoms with van der Waals surface area (Å²) < 4.78 is 10.5. The van der Waals surface area contributed by atoms with Gasteiger partial charge in [0.2, 0.25) is 6.79 Å². The third kappa shape index (κ3) is 2.82. The molecule has 0 unspecified atom stereocenters. The minimum absolute atomic E-state index is 0.0470. The first-order valence-corrected chi connectivity index (χ1v) is 6.83. The van der Waals surface area contributed by atoms with Gasteiger partial charge in [-0.25, -0.2) is 0 Å². The number of ether oxygens (including phenoxy) is 2. The number of allylic oxidation sites excluding steroid dienone is 1. The zero-order valence-corrected chi connectivity index (χ0v) is 12.1. The Morgan fingerprint density at radius 3 is 2.71 bits per heavy atom. The Balaban J connectivity index is 1.83. The monoisotopic (exact) mass is 280 g/mol. The summed E-state index contributed by atoms with van der Waals surface area (Å²) in [6.07, 6.45) is 3.45. The standard InChI is InChI=1S/C18H16O3/c1-12-3-4-13(2)14(9-12)5-7-16(19)15-6-8-17-18(10-15)21-11-20-17/h3-10H,11H2,1-2H3/b7-5+. The zero-order valence-electron chi connectivity index (χ0n) is 12.1. The molecule has 0 bridgehead atoms. The average Bonchev–Trinajstić information content (AvgIpc) is 2.95. The third-order valence-corrected chi connectivity index (χ3v) is 3.51. The molecule has 1 aliphatic heterocycles. The molecule has 2 aromatic carbocycles. The molecule has 0 atom stereocenters. The van der Waals surface area contributed by atoms with Crippen molar-refractivity contribution < 1.29 is 14.3 Å². The van der Waals surface area contributed by atoms with Crippen LogP contribution in [-0.2, 0) is 0 Å². The van der Waals surface area contributed by atoms with Crippen LogP contribution in [0, 0.1) is 13.8 Å². The fourth-order valence-corrected chi connectivity index (χ4v) is 2.25. The summed E-state index contributed by atoms with van der Waals surface area (Å²) >= 11 is 0. The van der Waals surface area contributed by atoms with Gasteiger partial charge in [-0.3, -0.25) is 4.79 Å². The fraction of sp³-hybridized carbons (Fsp3) is 0.167. The molecule has 2 aromatic rings. The van der Waals surface area contributed by atoms with Gasteiger partial charge in [0, 0.05) is 5.56 Å². The highest BCUT2D eigenvalue weighted by molar-refractivity contribution is 6.07. The lowest BCUT2D eigenvalue weighted by Crippen LogP contribution is -1.94. The Kier molecular flexibility index (Phi) is 3.48. The van der Waals surface area contributed by atoms with Gasteiger partial charge < -0.3 is 9.47 Å². The lowest BCUT2D eigenvalue weighted by Gasteiger charge is -2.02. The normalized spacial score (nSPS) is 12.9. The summed E-state index contributed by atoms with van der Waals surface area (Å²) in [5, 5.41) is 0. The van der Waals surface area contributed by atoms with E-state index < -0.39 is 0 Å². The molecular weight excluding hydrogens is 264 g/mol. The van der Waals surface area contributed by atoms with Gasteiger partial charge in [0.25, 0.3) is 0 Å². The molecule has 0 saturated carbocycles. The van der Waals surface area contributed by atoms with Gasteiger partial charge in [-0.15, -0.1) is 0 Å². The van der Waals surface area contributed by atoms with Crippen LogP contribution in [0.4, 0.5) is 0 Å². The van der Waals surface area contributed by atoms with Crippen molar-refractivity contribution >= 4 is 11.9 Å². The Hall–Kier alpha value is -2.55. The number of carbonyl (C=O) groups excluding carboxylic acids is 1. The number of ketones is 1. The molecule has 1 heterocycles. The number of hydrogen-bond acceptors (Lipinski definition) is 3. The molecule has 0 aliphatic carbocycles. The average molecular weight is 280 g/mol. The molecule has 0 fully saturated rings. The highest BCUT2D eigenvalue weighted by atomic mass is 16.7. The van der Waals surface area contributed by atoms with Crippen molar-refractivity contribution in [3.63, 3.8) is 0 Å². The van der Waals surface area contributed by atoms with Gasteiger partial charge in [-0.2, -0.15) is 0 Å². The van der Waals surface area contributed by atoms with E-state index in [-0.39, 0.29) is 12.6 Å².